The van der Waals surface area contributed by atoms with Crippen LogP contribution in [0.1, 0.15) is 34.1 Å². The molecular weight excluding hydrogens is 317 g/mol. The van der Waals surface area contributed by atoms with Crippen LogP contribution >= 0.6 is 0 Å². The molecule has 0 amide bonds. The maximum Gasteiger partial charge on any atom is 0.498 e. The summed E-state index contributed by atoms with van der Waals surface area (Å²) < 4.78 is 12.1. The zero-order valence-electron chi connectivity index (χ0n) is 16.0. The second-order valence-electron chi connectivity index (χ2n) is 8.05. The number of aromatic nitrogens is 2. The molecule has 2 aliphatic heterocycles. The van der Waals surface area contributed by atoms with Gasteiger partial charge in [0.05, 0.1) is 11.2 Å². The van der Waals surface area contributed by atoms with Crippen LogP contribution in [-0.4, -0.2) is 72.5 Å². The summed E-state index contributed by atoms with van der Waals surface area (Å²) in [5, 5.41) is 0. The fraction of sp³-hybridized carbons (Fsp3) is 0.765. The summed E-state index contributed by atoms with van der Waals surface area (Å²) in [4.78, 5) is 13.6. The Labute approximate surface area is 151 Å². The molecule has 2 saturated heterocycles. The Kier molecular flexibility index (Phi) is 5.08. The molecule has 0 aromatic carbocycles. The summed E-state index contributed by atoms with van der Waals surface area (Å²) in [7, 11) is 1.64. The van der Waals surface area contributed by atoms with Crippen LogP contribution in [0.15, 0.2) is 12.4 Å². The Morgan fingerprint density at radius 2 is 1.84 bits per heavy atom. The van der Waals surface area contributed by atoms with E-state index in [9.17, 15) is 0 Å². The standard InChI is InChI=1S/C17H30BN5O2/c1-16(2)17(3,4)25-18(24-16)13-10-20-15(21-11-13)22(5)14-6-8-23(12-14)9-7-19/h10-11,14H,6-9,12,19H2,1-5H3/t14-/m1/s1. The van der Waals surface area contributed by atoms with Gasteiger partial charge >= 0.3 is 7.12 Å². The third-order valence-corrected chi connectivity index (χ3v) is 5.74. The van der Waals surface area contributed by atoms with Crippen LogP contribution in [0.25, 0.3) is 0 Å². The highest BCUT2D eigenvalue weighted by molar-refractivity contribution is 6.61. The maximum absolute atomic E-state index is 6.06. The molecule has 1 aromatic heterocycles. The maximum atomic E-state index is 6.06. The molecule has 0 bridgehead atoms. The van der Waals surface area contributed by atoms with Gasteiger partial charge in [-0.2, -0.15) is 0 Å². The lowest BCUT2D eigenvalue weighted by Gasteiger charge is -2.32. The van der Waals surface area contributed by atoms with E-state index >= 15 is 0 Å². The van der Waals surface area contributed by atoms with Crippen molar-refractivity contribution in [1.29, 1.82) is 0 Å². The first-order valence-electron chi connectivity index (χ1n) is 9.06. The van der Waals surface area contributed by atoms with Crippen LogP contribution in [0.5, 0.6) is 0 Å². The van der Waals surface area contributed by atoms with Crippen molar-refractivity contribution in [3.05, 3.63) is 12.4 Å². The average molecular weight is 347 g/mol. The molecule has 2 N–H and O–H groups in total. The number of hydrogen-bond donors (Lipinski definition) is 1. The predicted molar refractivity (Wildman–Crippen MR) is 100 cm³/mol. The second-order valence-corrected chi connectivity index (χ2v) is 8.05. The van der Waals surface area contributed by atoms with Gasteiger partial charge in [0, 0.05) is 57.1 Å². The first-order chi connectivity index (χ1) is 11.7. The van der Waals surface area contributed by atoms with Crippen molar-refractivity contribution in [3.8, 4) is 0 Å². The van der Waals surface area contributed by atoms with Crippen LogP contribution in [0.3, 0.4) is 0 Å². The van der Waals surface area contributed by atoms with Crippen molar-refractivity contribution in [1.82, 2.24) is 14.9 Å². The normalized spacial score (nSPS) is 25.5. The van der Waals surface area contributed by atoms with E-state index in [0.717, 1.165) is 37.5 Å². The summed E-state index contributed by atoms with van der Waals surface area (Å²) in [6, 6.07) is 0.425. The lowest BCUT2D eigenvalue weighted by Crippen LogP contribution is -2.41. The van der Waals surface area contributed by atoms with E-state index in [4.69, 9.17) is 15.0 Å². The highest BCUT2D eigenvalue weighted by Gasteiger charge is 2.52. The Balaban J connectivity index is 1.65. The molecule has 8 heteroatoms. The number of likely N-dealkylation sites (N-methyl/N-ethyl adjacent to an activating group) is 1. The van der Waals surface area contributed by atoms with Gasteiger partial charge in [-0.1, -0.05) is 0 Å². The predicted octanol–water partition coefficient (Wildman–Crippen LogP) is 0.245. The smallest absolute Gasteiger partial charge is 0.399 e. The molecule has 3 heterocycles. The zero-order valence-corrected chi connectivity index (χ0v) is 16.0. The molecule has 0 saturated carbocycles. The van der Waals surface area contributed by atoms with Gasteiger partial charge in [0.2, 0.25) is 5.95 Å². The van der Waals surface area contributed by atoms with Crippen LogP contribution in [-0.2, 0) is 9.31 Å². The van der Waals surface area contributed by atoms with Crippen molar-refractivity contribution in [2.45, 2.75) is 51.4 Å². The first kappa shape index (κ1) is 18.6. The van der Waals surface area contributed by atoms with Gasteiger partial charge in [-0.05, 0) is 34.1 Å². The van der Waals surface area contributed by atoms with Crippen LogP contribution in [0, 0.1) is 0 Å². The molecule has 2 aliphatic rings. The lowest BCUT2D eigenvalue weighted by atomic mass is 9.81. The average Bonchev–Trinajstić information content (AvgIpc) is 3.10. The van der Waals surface area contributed by atoms with Crippen LogP contribution in [0.2, 0.25) is 0 Å². The third kappa shape index (κ3) is 3.67. The molecule has 3 rings (SSSR count). The minimum absolute atomic E-state index is 0.358. The molecular formula is C17H30BN5O2. The molecule has 1 atom stereocenters. The van der Waals surface area contributed by atoms with Crippen LogP contribution < -0.4 is 16.1 Å². The molecule has 0 radical (unpaired) electrons. The van der Waals surface area contributed by atoms with E-state index in [-0.39, 0.29) is 11.2 Å². The first-order valence-corrected chi connectivity index (χ1v) is 9.06. The summed E-state index contributed by atoms with van der Waals surface area (Å²) >= 11 is 0. The largest absolute Gasteiger partial charge is 0.498 e. The number of nitrogens with two attached hydrogens (primary N) is 1. The molecule has 138 valence electrons. The van der Waals surface area contributed by atoms with E-state index in [1.54, 1.807) is 0 Å². The van der Waals surface area contributed by atoms with Crippen molar-refractivity contribution >= 4 is 18.5 Å². The second kappa shape index (κ2) is 6.83. The highest BCUT2D eigenvalue weighted by Crippen LogP contribution is 2.36. The molecule has 0 spiro atoms. The molecule has 2 fully saturated rings. The Morgan fingerprint density at radius 1 is 1.24 bits per heavy atom. The molecule has 7 nitrogen and oxygen atoms in total. The van der Waals surface area contributed by atoms with Gasteiger partial charge < -0.3 is 19.9 Å². The van der Waals surface area contributed by atoms with Gasteiger partial charge in [0.15, 0.2) is 0 Å². The summed E-state index contributed by atoms with van der Waals surface area (Å²) in [6.07, 6.45) is 4.74. The number of anilines is 1. The Bertz CT molecular complexity index is 579. The quantitative estimate of drug-likeness (QED) is 0.765. The number of hydrogen-bond acceptors (Lipinski definition) is 7. The summed E-state index contributed by atoms with van der Waals surface area (Å²) in [6.45, 7) is 11.9. The summed E-state index contributed by atoms with van der Waals surface area (Å²) in [5.41, 5.74) is 5.79. The number of rotatable bonds is 5. The number of nitrogens with zero attached hydrogens (tertiary/aromatic N) is 4. The van der Waals surface area contributed by atoms with Crippen LogP contribution in [0.4, 0.5) is 5.95 Å². The van der Waals surface area contributed by atoms with Crippen molar-refractivity contribution in [3.63, 3.8) is 0 Å². The van der Waals surface area contributed by atoms with Gasteiger partial charge in [-0.3, -0.25) is 4.90 Å². The van der Waals surface area contributed by atoms with E-state index in [0.29, 0.717) is 12.6 Å². The molecule has 1 aromatic rings. The van der Waals surface area contributed by atoms with Crippen molar-refractivity contribution < 1.29 is 9.31 Å². The SMILES string of the molecule is CN(c1ncc(B2OC(C)(C)C(C)(C)O2)cn1)[C@@H]1CCN(CCN)C1. The van der Waals surface area contributed by atoms with E-state index in [1.807, 2.05) is 40.1 Å². The van der Waals surface area contributed by atoms with Crippen molar-refractivity contribution in [2.75, 3.05) is 38.1 Å². The highest BCUT2D eigenvalue weighted by atomic mass is 16.7. The van der Waals surface area contributed by atoms with E-state index in [1.165, 1.54) is 0 Å². The fourth-order valence-corrected chi connectivity index (χ4v) is 3.29. The molecule has 0 aliphatic carbocycles. The van der Waals surface area contributed by atoms with Gasteiger partial charge in [0.25, 0.3) is 0 Å². The third-order valence-electron chi connectivity index (χ3n) is 5.74. The van der Waals surface area contributed by atoms with Crippen molar-refractivity contribution in [2.24, 2.45) is 5.73 Å². The van der Waals surface area contributed by atoms with Gasteiger partial charge in [-0.25, -0.2) is 9.97 Å². The van der Waals surface area contributed by atoms with Gasteiger partial charge in [-0.15, -0.1) is 0 Å². The zero-order chi connectivity index (χ0) is 18.2. The van der Waals surface area contributed by atoms with E-state index in [2.05, 4.69) is 26.8 Å². The molecule has 0 unspecified atom stereocenters. The van der Waals surface area contributed by atoms with Gasteiger partial charge in [0.1, 0.15) is 0 Å². The Hall–Kier alpha value is -1.22. The minimum Gasteiger partial charge on any atom is -0.399 e. The fourth-order valence-electron chi connectivity index (χ4n) is 3.29. The minimum atomic E-state index is -0.420. The Morgan fingerprint density at radius 3 is 2.40 bits per heavy atom. The van der Waals surface area contributed by atoms with E-state index < -0.39 is 7.12 Å². The topological polar surface area (TPSA) is 76.7 Å². The summed E-state index contributed by atoms with van der Waals surface area (Å²) in [5.74, 6) is 0.736. The monoisotopic (exact) mass is 347 g/mol. The lowest BCUT2D eigenvalue weighted by molar-refractivity contribution is 0.00578. The number of likely N-dealkylation sites (tertiary alicyclic amines) is 1. The molecule has 25 heavy (non-hydrogen) atoms.